The van der Waals surface area contributed by atoms with Crippen molar-refractivity contribution in [1.29, 1.82) is 0 Å². The predicted octanol–water partition coefficient (Wildman–Crippen LogP) is 4.47. The maximum atomic E-state index is 4.77. The second kappa shape index (κ2) is 6.13. The third kappa shape index (κ3) is 2.99. The van der Waals surface area contributed by atoms with Gasteiger partial charge in [0.1, 0.15) is 0 Å². The van der Waals surface area contributed by atoms with Crippen LogP contribution in [0.25, 0.3) is 11.3 Å². The molecule has 0 saturated heterocycles. The lowest BCUT2D eigenvalue weighted by Crippen LogP contribution is -2.31. The second-order valence-electron chi connectivity index (χ2n) is 5.69. The van der Waals surface area contributed by atoms with Gasteiger partial charge in [-0.25, -0.2) is 9.97 Å². The van der Waals surface area contributed by atoms with E-state index in [4.69, 9.17) is 4.98 Å². The highest BCUT2D eigenvalue weighted by Crippen LogP contribution is 2.25. The molecule has 0 radical (unpaired) electrons. The standard InChI is InChI=1S/C19H16BrN3/c20-17-7-5-15(6-8-17)18-9-11-21-19(22-18)23-12-10-14-3-1-2-4-16(14)13-23/h1-9,11H,10,12-13H2. The van der Waals surface area contributed by atoms with E-state index in [1.807, 2.05) is 24.4 Å². The summed E-state index contributed by atoms with van der Waals surface area (Å²) in [4.78, 5) is 11.5. The van der Waals surface area contributed by atoms with Gasteiger partial charge in [-0.1, -0.05) is 52.3 Å². The van der Waals surface area contributed by atoms with Crippen LogP contribution >= 0.6 is 15.9 Å². The van der Waals surface area contributed by atoms with E-state index in [1.165, 1.54) is 11.1 Å². The Morgan fingerprint density at radius 1 is 0.913 bits per heavy atom. The van der Waals surface area contributed by atoms with Crippen LogP contribution in [0.1, 0.15) is 11.1 Å². The topological polar surface area (TPSA) is 29.0 Å². The molecule has 114 valence electrons. The summed E-state index contributed by atoms with van der Waals surface area (Å²) >= 11 is 3.47. The van der Waals surface area contributed by atoms with Crippen LogP contribution in [-0.4, -0.2) is 16.5 Å². The Balaban J connectivity index is 1.63. The lowest BCUT2D eigenvalue weighted by molar-refractivity contribution is 0.708. The van der Waals surface area contributed by atoms with Crippen molar-refractivity contribution in [2.45, 2.75) is 13.0 Å². The van der Waals surface area contributed by atoms with E-state index < -0.39 is 0 Å². The highest BCUT2D eigenvalue weighted by atomic mass is 79.9. The maximum Gasteiger partial charge on any atom is 0.226 e. The molecular formula is C19H16BrN3. The molecule has 23 heavy (non-hydrogen) atoms. The highest BCUT2D eigenvalue weighted by Gasteiger charge is 2.18. The number of rotatable bonds is 2. The molecule has 4 rings (SSSR count). The monoisotopic (exact) mass is 365 g/mol. The zero-order valence-electron chi connectivity index (χ0n) is 12.6. The molecule has 1 aromatic heterocycles. The molecule has 0 fully saturated rings. The van der Waals surface area contributed by atoms with E-state index in [0.29, 0.717) is 0 Å². The summed E-state index contributed by atoms with van der Waals surface area (Å²) in [6, 6.07) is 18.8. The molecule has 1 aliphatic heterocycles. The van der Waals surface area contributed by atoms with Gasteiger partial charge >= 0.3 is 0 Å². The Bertz CT molecular complexity index is 830. The van der Waals surface area contributed by atoms with E-state index >= 15 is 0 Å². The fourth-order valence-electron chi connectivity index (χ4n) is 2.95. The second-order valence-corrected chi connectivity index (χ2v) is 6.60. The summed E-state index contributed by atoms with van der Waals surface area (Å²) in [7, 11) is 0. The fourth-order valence-corrected chi connectivity index (χ4v) is 3.21. The number of hydrogen-bond donors (Lipinski definition) is 0. The Morgan fingerprint density at radius 2 is 1.70 bits per heavy atom. The number of nitrogens with zero attached hydrogens (tertiary/aromatic N) is 3. The van der Waals surface area contributed by atoms with Crippen molar-refractivity contribution in [2.75, 3.05) is 11.4 Å². The van der Waals surface area contributed by atoms with Gasteiger partial charge < -0.3 is 4.90 Å². The number of fused-ring (bicyclic) bond motifs is 1. The van der Waals surface area contributed by atoms with Gasteiger partial charge in [0.25, 0.3) is 0 Å². The Kier molecular flexibility index (Phi) is 3.83. The van der Waals surface area contributed by atoms with Gasteiger partial charge in [-0.15, -0.1) is 0 Å². The predicted molar refractivity (Wildman–Crippen MR) is 96.4 cm³/mol. The van der Waals surface area contributed by atoms with Crippen molar-refractivity contribution >= 4 is 21.9 Å². The van der Waals surface area contributed by atoms with Gasteiger partial charge in [0.15, 0.2) is 0 Å². The van der Waals surface area contributed by atoms with Crippen molar-refractivity contribution < 1.29 is 0 Å². The maximum absolute atomic E-state index is 4.77. The van der Waals surface area contributed by atoms with Crippen LogP contribution in [0.3, 0.4) is 0 Å². The Labute approximate surface area is 144 Å². The smallest absolute Gasteiger partial charge is 0.226 e. The summed E-state index contributed by atoms with van der Waals surface area (Å²) in [5.41, 5.74) is 4.87. The number of hydrogen-bond acceptors (Lipinski definition) is 3. The number of anilines is 1. The third-order valence-electron chi connectivity index (χ3n) is 4.20. The average molecular weight is 366 g/mol. The zero-order valence-corrected chi connectivity index (χ0v) is 14.2. The summed E-state index contributed by atoms with van der Waals surface area (Å²) in [6.45, 7) is 1.83. The molecule has 0 N–H and O–H groups in total. The molecule has 4 heteroatoms. The van der Waals surface area contributed by atoms with Gasteiger partial charge in [-0.05, 0) is 35.7 Å². The highest BCUT2D eigenvalue weighted by molar-refractivity contribution is 9.10. The van der Waals surface area contributed by atoms with Crippen molar-refractivity contribution in [1.82, 2.24) is 9.97 Å². The molecule has 0 aliphatic carbocycles. The minimum atomic E-state index is 0.805. The van der Waals surface area contributed by atoms with E-state index in [9.17, 15) is 0 Å². The molecule has 0 amide bonds. The number of halogens is 1. The number of aromatic nitrogens is 2. The van der Waals surface area contributed by atoms with Crippen molar-refractivity contribution in [3.63, 3.8) is 0 Å². The van der Waals surface area contributed by atoms with Gasteiger partial charge in [0, 0.05) is 29.3 Å². The Morgan fingerprint density at radius 3 is 2.52 bits per heavy atom. The van der Waals surface area contributed by atoms with Crippen LogP contribution in [0.2, 0.25) is 0 Å². The minimum absolute atomic E-state index is 0.805. The van der Waals surface area contributed by atoms with Gasteiger partial charge in [0.2, 0.25) is 5.95 Å². The minimum Gasteiger partial charge on any atom is -0.336 e. The first-order chi connectivity index (χ1) is 11.3. The molecule has 0 atom stereocenters. The van der Waals surface area contributed by atoms with Crippen molar-refractivity contribution in [3.05, 3.63) is 76.4 Å². The van der Waals surface area contributed by atoms with E-state index in [1.54, 1.807) is 0 Å². The van der Waals surface area contributed by atoms with Gasteiger partial charge in [-0.2, -0.15) is 0 Å². The van der Waals surface area contributed by atoms with Crippen molar-refractivity contribution in [3.8, 4) is 11.3 Å². The van der Waals surface area contributed by atoms with Crippen molar-refractivity contribution in [2.24, 2.45) is 0 Å². The first-order valence-electron chi connectivity index (χ1n) is 7.70. The molecule has 0 saturated carbocycles. The fraction of sp³-hybridized carbons (Fsp3) is 0.158. The summed E-state index contributed by atoms with van der Waals surface area (Å²) in [5, 5.41) is 0. The van der Waals surface area contributed by atoms with Crippen LogP contribution < -0.4 is 4.90 Å². The largest absolute Gasteiger partial charge is 0.336 e. The first-order valence-corrected chi connectivity index (χ1v) is 8.49. The molecule has 2 aromatic carbocycles. The molecule has 1 aliphatic rings. The van der Waals surface area contributed by atoms with Crippen LogP contribution in [0.4, 0.5) is 5.95 Å². The molecular weight excluding hydrogens is 350 g/mol. The number of benzene rings is 2. The van der Waals surface area contributed by atoms with Crippen LogP contribution in [0.5, 0.6) is 0 Å². The first kappa shape index (κ1) is 14.4. The zero-order chi connectivity index (χ0) is 15.6. The third-order valence-corrected chi connectivity index (χ3v) is 4.73. The van der Waals surface area contributed by atoms with E-state index in [2.05, 4.69) is 62.2 Å². The molecule has 3 nitrogen and oxygen atoms in total. The molecule has 2 heterocycles. The van der Waals surface area contributed by atoms with E-state index in [-0.39, 0.29) is 0 Å². The lowest BCUT2D eigenvalue weighted by atomic mass is 10.0. The molecule has 3 aromatic rings. The molecule has 0 spiro atoms. The normalized spacial score (nSPS) is 13.7. The SMILES string of the molecule is Brc1ccc(-c2ccnc(N3CCc4ccccc4C3)n2)cc1. The molecule has 0 unspecified atom stereocenters. The van der Waals surface area contributed by atoms with Crippen LogP contribution in [-0.2, 0) is 13.0 Å². The van der Waals surface area contributed by atoms with Gasteiger partial charge in [-0.3, -0.25) is 0 Å². The Hall–Kier alpha value is -2.20. The van der Waals surface area contributed by atoms with Crippen LogP contribution in [0, 0.1) is 0 Å². The lowest BCUT2D eigenvalue weighted by Gasteiger charge is -2.28. The van der Waals surface area contributed by atoms with Crippen LogP contribution in [0.15, 0.2) is 65.3 Å². The average Bonchev–Trinajstić information content (AvgIpc) is 2.62. The summed E-state index contributed by atoms with van der Waals surface area (Å²) in [5.74, 6) is 0.805. The quantitative estimate of drug-likeness (QED) is 0.670. The van der Waals surface area contributed by atoms with Gasteiger partial charge in [0.05, 0.1) is 5.69 Å². The van der Waals surface area contributed by atoms with E-state index in [0.717, 1.165) is 41.2 Å². The summed E-state index contributed by atoms with van der Waals surface area (Å²) < 4.78 is 1.07. The summed E-state index contributed by atoms with van der Waals surface area (Å²) in [6.07, 6.45) is 2.89. The molecule has 0 bridgehead atoms.